The van der Waals surface area contributed by atoms with E-state index >= 15 is 0 Å². The lowest BCUT2D eigenvalue weighted by molar-refractivity contribution is -0.192. The summed E-state index contributed by atoms with van der Waals surface area (Å²) in [5.74, 6) is -0.509. The number of carboxylic acids is 1. The molecule has 10 heteroatoms. The fourth-order valence-electron chi connectivity index (χ4n) is 3.95. The van der Waals surface area contributed by atoms with Crippen LogP contribution in [0.25, 0.3) is 0 Å². The monoisotopic (exact) mass is 426 g/mol. The Bertz CT molecular complexity index is 850. The maximum absolute atomic E-state index is 13.3. The van der Waals surface area contributed by atoms with Crippen LogP contribution in [0.3, 0.4) is 0 Å². The molecule has 1 aromatic carbocycles. The van der Waals surface area contributed by atoms with E-state index in [0.29, 0.717) is 5.92 Å². The number of nitrogens with zero attached hydrogens (tertiary/aromatic N) is 4. The Hall–Kier alpha value is -2.75. The molecule has 1 N–H and O–H groups in total. The summed E-state index contributed by atoms with van der Waals surface area (Å²) in [4.78, 5) is 22.3. The van der Waals surface area contributed by atoms with Gasteiger partial charge in [-0.25, -0.2) is 14.2 Å². The molecule has 2 fully saturated rings. The Kier molecular flexibility index (Phi) is 6.86. The lowest BCUT2D eigenvalue weighted by atomic mass is 9.89. The van der Waals surface area contributed by atoms with Gasteiger partial charge in [0.2, 0.25) is 0 Å². The van der Waals surface area contributed by atoms with Crippen LogP contribution in [0.4, 0.5) is 23.4 Å². The molecule has 0 saturated carbocycles. The first-order valence-electron chi connectivity index (χ1n) is 9.50. The number of benzene rings is 1. The van der Waals surface area contributed by atoms with Gasteiger partial charge in [-0.05, 0) is 36.0 Å². The number of halogens is 4. The molecule has 0 radical (unpaired) electrons. The minimum Gasteiger partial charge on any atom is -0.475 e. The molecule has 2 atom stereocenters. The highest BCUT2D eigenvalue weighted by atomic mass is 19.4. The van der Waals surface area contributed by atoms with Crippen LogP contribution in [0.1, 0.15) is 12.0 Å². The summed E-state index contributed by atoms with van der Waals surface area (Å²) < 4.78 is 45.1. The number of aliphatic carboxylic acids is 1. The van der Waals surface area contributed by atoms with E-state index in [9.17, 15) is 17.6 Å². The number of carboxylic acid groups (broad SMARTS) is 1. The second-order valence-corrected chi connectivity index (χ2v) is 7.45. The number of rotatable bonds is 3. The van der Waals surface area contributed by atoms with Gasteiger partial charge < -0.3 is 10.0 Å². The van der Waals surface area contributed by atoms with E-state index in [1.807, 2.05) is 12.3 Å². The highest BCUT2D eigenvalue weighted by Crippen LogP contribution is 2.33. The van der Waals surface area contributed by atoms with Crippen LogP contribution in [0.5, 0.6) is 0 Å². The Morgan fingerprint density at radius 1 is 1.17 bits per heavy atom. The van der Waals surface area contributed by atoms with Gasteiger partial charge in [0.15, 0.2) is 0 Å². The number of piperidine rings is 1. The number of hydrogen-bond acceptors (Lipinski definition) is 5. The van der Waals surface area contributed by atoms with Gasteiger partial charge in [0.25, 0.3) is 0 Å². The second kappa shape index (κ2) is 9.38. The van der Waals surface area contributed by atoms with Crippen molar-refractivity contribution < 1.29 is 27.5 Å². The molecular formula is C20H22F4N4O2. The number of likely N-dealkylation sites (tertiary alicyclic amines) is 1. The van der Waals surface area contributed by atoms with Crippen LogP contribution in [0.2, 0.25) is 0 Å². The minimum absolute atomic E-state index is 0.145. The normalized spacial score (nSPS) is 21.5. The fraction of sp³-hybridized carbons (Fsp3) is 0.450. The maximum atomic E-state index is 13.3. The molecule has 3 heterocycles. The molecule has 6 nitrogen and oxygen atoms in total. The summed E-state index contributed by atoms with van der Waals surface area (Å²) >= 11 is 0. The van der Waals surface area contributed by atoms with Gasteiger partial charge >= 0.3 is 12.1 Å². The lowest BCUT2D eigenvalue weighted by Gasteiger charge is -2.34. The quantitative estimate of drug-likeness (QED) is 0.761. The molecule has 0 spiro atoms. The van der Waals surface area contributed by atoms with E-state index in [1.54, 1.807) is 24.5 Å². The summed E-state index contributed by atoms with van der Waals surface area (Å²) in [6.07, 6.45) is 1.43. The Balaban J connectivity index is 0.000000318. The topological polar surface area (TPSA) is 69.6 Å². The number of hydrogen-bond donors (Lipinski definition) is 1. The summed E-state index contributed by atoms with van der Waals surface area (Å²) in [5, 5.41) is 7.12. The van der Waals surface area contributed by atoms with Crippen molar-refractivity contribution in [2.45, 2.75) is 19.1 Å². The van der Waals surface area contributed by atoms with Crippen molar-refractivity contribution >= 4 is 11.8 Å². The van der Waals surface area contributed by atoms with Gasteiger partial charge in [-0.15, -0.1) is 0 Å². The van der Waals surface area contributed by atoms with Crippen molar-refractivity contribution in [3.8, 4) is 0 Å². The number of alkyl halides is 3. The summed E-state index contributed by atoms with van der Waals surface area (Å²) in [6, 6.07) is 6.96. The molecule has 1 aromatic heterocycles. The third kappa shape index (κ3) is 5.88. The van der Waals surface area contributed by atoms with Gasteiger partial charge in [-0.1, -0.05) is 12.1 Å². The summed E-state index contributed by atoms with van der Waals surface area (Å²) in [7, 11) is 0. The predicted molar refractivity (Wildman–Crippen MR) is 101 cm³/mol. The molecule has 162 valence electrons. The second-order valence-electron chi connectivity index (χ2n) is 7.45. The third-order valence-electron chi connectivity index (χ3n) is 5.29. The zero-order chi connectivity index (χ0) is 21.7. The average molecular weight is 426 g/mol. The van der Waals surface area contributed by atoms with Crippen molar-refractivity contribution in [3.63, 3.8) is 0 Å². The molecule has 0 aliphatic carbocycles. The van der Waals surface area contributed by atoms with Crippen LogP contribution in [0, 0.1) is 17.7 Å². The van der Waals surface area contributed by atoms with E-state index in [0.717, 1.165) is 50.0 Å². The smallest absolute Gasteiger partial charge is 0.475 e. The zero-order valence-corrected chi connectivity index (χ0v) is 16.1. The van der Waals surface area contributed by atoms with E-state index in [1.165, 1.54) is 12.5 Å². The van der Waals surface area contributed by atoms with Crippen LogP contribution in [-0.4, -0.2) is 58.3 Å². The van der Waals surface area contributed by atoms with Crippen molar-refractivity contribution in [3.05, 3.63) is 54.2 Å². The van der Waals surface area contributed by atoms with Crippen molar-refractivity contribution in [1.29, 1.82) is 0 Å². The first kappa shape index (κ1) is 21.9. The fourth-order valence-corrected chi connectivity index (χ4v) is 3.95. The van der Waals surface area contributed by atoms with E-state index < -0.39 is 12.1 Å². The van der Waals surface area contributed by atoms with Crippen molar-refractivity contribution in [1.82, 2.24) is 14.9 Å². The van der Waals surface area contributed by atoms with Gasteiger partial charge in [-0.3, -0.25) is 9.88 Å². The van der Waals surface area contributed by atoms with Crippen LogP contribution >= 0.6 is 0 Å². The number of fused-ring (bicyclic) bond motifs is 1. The van der Waals surface area contributed by atoms with Gasteiger partial charge in [0.1, 0.15) is 11.6 Å². The SMILES string of the molecule is Fc1cccc(CN2C[C@H]3CCN(c4cnccn4)C[C@H]3C2)c1.O=C(O)C(F)(F)F. The van der Waals surface area contributed by atoms with Crippen molar-refractivity contribution in [2.75, 3.05) is 31.1 Å². The highest BCUT2D eigenvalue weighted by molar-refractivity contribution is 5.73. The molecule has 4 rings (SSSR count). The number of carbonyl (C=O) groups is 1. The van der Waals surface area contributed by atoms with Gasteiger partial charge in [0.05, 0.1) is 6.20 Å². The predicted octanol–water partition coefficient (Wildman–Crippen LogP) is 3.21. The average Bonchev–Trinajstić information content (AvgIpc) is 3.09. The van der Waals surface area contributed by atoms with Crippen LogP contribution < -0.4 is 4.90 Å². The number of aromatic nitrogens is 2. The molecule has 2 aromatic rings. The molecule has 0 unspecified atom stereocenters. The molecule has 2 aliphatic heterocycles. The Morgan fingerprint density at radius 2 is 1.90 bits per heavy atom. The lowest BCUT2D eigenvalue weighted by Crippen LogP contribution is -2.40. The summed E-state index contributed by atoms with van der Waals surface area (Å²) in [5.41, 5.74) is 1.06. The Labute approximate surface area is 171 Å². The van der Waals surface area contributed by atoms with E-state index in [2.05, 4.69) is 19.8 Å². The minimum atomic E-state index is -5.08. The first-order valence-corrected chi connectivity index (χ1v) is 9.50. The molecule has 2 saturated heterocycles. The molecule has 0 bridgehead atoms. The summed E-state index contributed by atoms with van der Waals surface area (Å²) in [6.45, 7) is 5.14. The Morgan fingerprint density at radius 3 is 2.53 bits per heavy atom. The molecule has 0 amide bonds. The maximum Gasteiger partial charge on any atom is 0.490 e. The van der Waals surface area contributed by atoms with E-state index in [-0.39, 0.29) is 5.82 Å². The first-order chi connectivity index (χ1) is 14.2. The molecule has 30 heavy (non-hydrogen) atoms. The zero-order valence-electron chi connectivity index (χ0n) is 16.1. The van der Waals surface area contributed by atoms with Crippen LogP contribution in [-0.2, 0) is 11.3 Å². The largest absolute Gasteiger partial charge is 0.490 e. The number of anilines is 1. The van der Waals surface area contributed by atoms with Gasteiger partial charge in [-0.2, -0.15) is 13.2 Å². The van der Waals surface area contributed by atoms with Crippen LogP contribution in [0.15, 0.2) is 42.9 Å². The van der Waals surface area contributed by atoms with Crippen molar-refractivity contribution in [2.24, 2.45) is 11.8 Å². The standard InChI is InChI=1S/C18H21FN4.C2HF3O2/c19-17-3-1-2-14(8-17)10-22-11-15-4-7-23(13-16(15)12-22)18-9-20-5-6-21-18;3-2(4,5)1(6)7/h1-3,5-6,8-9,15-16H,4,7,10-13H2;(H,6,7)/t15-,16-;/m1./s1. The molecular weight excluding hydrogens is 404 g/mol. The third-order valence-corrected chi connectivity index (χ3v) is 5.29. The van der Waals surface area contributed by atoms with E-state index in [4.69, 9.17) is 9.90 Å². The van der Waals surface area contributed by atoms with Gasteiger partial charge in [0, 0.05) is 45.1 Å². The molecule has 2 aliphatic rings. The highest BCUT2D eigenvalue weighted by Gasteiger charge is 2.38.